The van der Waals surface area contributed by atoms with Crippen LogP contribution in [0.1, 0.15) is 40.5 Å². The van der Waals surface area contributed by atoms with E-state index in [9.17, 15) is 4.79 Å². The summed E-state index contributed by atoms with van der Waals surface area (Å²) in [6, 6.07) is 0.360. The number of hydrogen-bond donors (Lipinski definition) is 1. The number of carbonyl (C=O) groups is 1. The zero-order chi connectivity index (χ0) is 12.8. The zero-order valence-corrected chi connectivity index (χ0v) is 11.5. The van der Waals surface area contributed by atoms with Gasteiger partial charge in [0.05, 0.1) is 18.8 Å². The molecule has 1 N–H and O–H groups in total. The molecule has 1 rings (SSSR count). The minimum Gasteiger partial charge on any atom is -0.377 e. The van der Waals surface area contributed by atoms with E-state index in [-0.39, 0.29) is 18.1 Å². The van der Waals surface area contributed by atoms with Crippen LogP contribution in [0.15, 0.2) is 0 Å². The molecule has 4 nitrogen and oxygen atoms in total. The maximum absolute atomic E-state index is 12.1. The summed E-state index contributed by atoms with van der Waals surface area (Å²) in [7, 11) is 0. The molecule has 100 valence electrons. The van der Waals surface area contributed by atoms with Gasteiger partial charge in [-0.05, 0) is 26.7 Å². The van der Waals surface area contributed by atoms with Crippen LogP contribution in [0, 0.1) is 0 Å². The summed E-state index contributed by atoms with van der Waals surface area (Å²) < 4.78 is 5.49. The van der Waals surface area contributed by atoms with Crippen molar-refractivity contribution >= 4 is 5.91 Å². The van der Waals surface area contributed by atoms with Gasteiger partial charge in [0.25, 0.3) is 0 Å². The highest BCUT2D eigenvalue weighted by atomic mass is 16.5. The maximum atomic E-state index is 12.1. The average molecular weight is 242 g/mol. The van der Waals surface area contributed by atoms with Crippen molar-refractivity contribution in [2.24, 2.45) is 0 Å². The Hall–Kier alpha value is -0.610. The Bertz CT molecular complexity index is 242. The van der Waals surface area contributed by atoms with E-state index in [1.165, 1.54) is 0 Å². The zero-order valence-electron chi connectivity index (χ0n) is 11.5. The van der Waals surface area contributed by atoms with E-state index in [2.05, 4.69) is 19.2 Å². The Morgan fingerprint density at radius 1 is 1.41 bits per heavy atom. The van der Waals surface area contributed by atoms with Crippen molar-refractivity contribution in [2.45, 2.75) is 58.7 Å². The van der Waals surface area contributed by atoms with E-state index in [0.29, 0.717) is 19.2 Å². The average Bonchev–Trinajstić information content (AvgIpc) is 2.22. The number of nitrogens with zero attached hydrogens (tertiary/aromatic N) is 1. The number of rotatable bonds is 6. The Kier molecular flexibility index (Phi) is 5.92. The Morgan fingerprint density at radius 3 is 2.71 bits per heavy atom. The van der Waals surface area contributed by atoms with Gasteiger partial charge in [-0.15, -0.1) is 0 Å². The largest absolute Gasteiger partial charge is 0.377 e. The van der Waals surface area contributed by atoms with Gasteiger partial charge in [0, 0.05) is 19.1 Å². The van der Waals surface area contributed by atoms with Crippen molar-refractivity contribution in [2.75, 3.05) is 19.7 Å². The van der Waals surface area contributed by atoms with Crippen LogP contribution in [-0.4, -0.2) is 48.7 Å². The molecule has 0 aromatic carbocycles. The smallest absolute Gasteiger partial charge is 0.239 e. The van der Waals surface area contributed by atoms with E-state index in [1.54, 1.807) is 0 Å². The molecule has 0 aromatic heterocycles. The van der Waals surface area contributed by atoms with E-state index in [4.69, 9.17) is 4.74 Å². The highest BCUT2D eigenvalue weighted by Gasteiger charge is 2.28. The predicted molar refractivity (Wildman–Crippen MR) is 69.0 cm³/mol. The molecule has 4 heteroatoms. The van der Waals surface area contributed by atoms with Gasteiger partial charge in [0.1, 0.15) is 0 Å². The van der Waals surface area contributed by atoms with Gasteiger partial charge in [-0.1, -0.05) is 13.8 Å². The first-order valence-corrected chi connectivity index (χ1v) is 6.67. The number of amides is 1. The first kappa shape index (κ1) is 14.5. The van der Waals surface area contributed by atoms with Gasteiger partial charge in [-0.3, -0.25) is 4.79 Å². The van der Waals surface area contributed by atoms with E-state index in [1.807, 2.05) is 18.7 Å². The van der Waals surface area contributed by atoms with Crippen LogP contribution in [0.25, 0.3) is 0 Å². The minimum atomic E-state index is 0.00259. The topological polar surface area (TPSA) is 41.6 Å². The van der Waals surface area contributed by atoms with Crippen molar-refractivity contribution in [1.29, 1.82) is 0 Å². The third kappa shape index (κ3) is 5.04. The van der Waals surface area contributed by atoms with Gasteiger partial charge >= 0.3 is 0 Å². The molecule has 1 fully saturated rings. The fourth-order valence-corrected chi connectivity index (χ4v) is 2.12. The summed E-state index contributed by atoms with van der Waals surface area (Å²) in [5.74, 6) is 0.234. The lowest BCUT2D eigenvalue weighted by Crippen LogP contribution is -2.53. The number of carbonyl (C=O) groups excluding carboxylic acids is 1. The summed E-state index contributed by atoms with van der Waals surface area (Å²) in [6.07, 6.45) is 2.27. The molecule has 1 saturated heterocycles. The maximum Gasteiger partial charge on any atom is 0.239 e. The second kappa shape index (κ2) is 6.97. The fraction of sp³-hybridized carbons (Fsp3) is 0.923. The lowest BCUT2D eigenvalue weighted by atomic mass is 10.0. The number of hydrogen-bond acceptors (Lipinski definition) is 3. The molecular formula is C13H26N2O2. The minimum absolute atomic E-state index is 0.00259. The standard InChI is InChI=1S/C13H26N2O2/c1-10(2)14-12-6-5-7-15(13(12)16)8-9-17-11(3)4/h10-12,14H,5-9H2,1-4H3. The molecule has 0 aliphatic carbocycles. The van der Waals surface area contributed by atoms with Gasteiger partial charge < -0.3 is 15.0 Å². The summed E-state index contributed by atoms with van der Waals surface area (Å²) in [6.45, 7) is 10.4. The summed E-state index contributed by atoms with van der Waals surface area (Å²) in [5.41, 5.74) is 0. The normalized spacial score (nSPS) is 21.6. The fourth-order valence-electron chi connectivity index (χ4n) is 2.12. The van der Waals surface area contributed by atoms with Crippen LogP contribution in [0.5, 0.6) is 0 Å². The number of ether oxygens (including phenoxy) is 1. The number of piperidine rings is 1. The Morgan fingerprint density at radius 2 is 2.12 bits per heavy atom. The quantitative estimate of drug-likeness (QED) is 0.765. The van der Waals surface area contributed by atoms with Gasteiger partial charge in [-0.25, -0.2) is 0 Å². The first-order chi connectivity index (χ1) is 8.00. The van der Waals surface area contributed by atoms with Crippen LogP contribution in [0.3, 0.4) is 0 Å². The molecule has 1 aliphatic heterocycles. The third-order valence-corrected chi connectivity index (χ3v) is 2.88. The highest BCUT2D eigenvalue weighted by molar-refractivity contribution is 5.82. The monoisotopic (exact) mass is 242 g/mol. The predicted octanol–water partition coefficient (Wildman–Crippen LogP) is 1.40. The number of nitrogens with one attached hydrogen (secondary N) is 1. The van der Waals surface area contributed by atoms with Gasteiger partial charge in [-0.2, -0.15) is 0 Å². The summed E-state index contributed by atoms with van der Waals surface area (Å²) in [5, 5.41) is 3.33. The molecule has 1 amide bonds. The molecule has 0 spiro atoms. The molecule has 0 saturated carbocycles. The van der Waals surface area contributed by atoms with Crippen molar-refractivity contribution in [3.8, 4) is 0 Å². The molecule has 1 heterocycles. The first-order valence-electron chi connectivity index (χ1n) is 6.67. The molecule has 0 aromatic rings. The lowest BCUT2D eigenvalue weighted by molar-refractivity contribution is -0.137. The molecule has 17 heavy (non-hydrogen) atoms. The molecule has 0 radical (unpaired) electrons. The Labute approximate surface area is 105 Å². The van der Waals surface area contributed by atoms with Crippen molar-refractivity contribution in [3.63, 3.8) is 0 Å². The van der Waals surface area contributed by atoms with Gasteiger partial charge in [0.2, 0.25) is 5.91 Å². The van der Waals surface area contributed by atoms with E-state index < -0.39 is 0 Å². The van der Waals surface area contributed by atoms with Crippen LogP contribution in [0.2, 0.25) is 0 Å². The van der Waals surface area contributed by atoms with Crippen LogP contribution >= 0.6 is 0 Å². The van der Waals surface area contributed by atoms with Crippen LogP contribution < -0.4 is 5.32 Å². The third-order valence-electron chi connectivity index (χ3n) is 2.88. The van der Waals surface area contributed by atoms with E-state index >= 15 is 0 Å². The Balaban J connectivity index is 2.36. The lowest BCUT2D eigenvalue weighted by Gasteiger charge is -2.33. The summed E-state index contributed by atoms with van der Waals surface area (Å²) >= 11 is 0. The molecular weight excluding hydrogens is 216 g/mol. The second-order valence-electron chi connectivity index (χ2n) is 5.26. The molecule has 1 atom stereocenters. The van der Waals surface area contributed by atoms with Crippen molar-refractivity contribution in [3.05, 3.63) is 0 Å². The van der Waals surface area contributed by atoms with Gasteiger partial charge in [0.15, 0.2) is 0 Å². The van der Waals surface area contributed by atoms with Crippen molar-refractivity contribution < 1.29 is 9.53 Å². The van der Waals surface area contributed by atoms with Crippen LogP contribution in [0.4, 0.5) is 0 Å². The SMILES string of the molecule is CC(C)NC1CCCN(CCOC(C)C)C1=O. The van der Waals surface area contributed by atoms with Crippen LogP contribution in [-0.2, 0) is 9.53 Å². The second-order valence-corrected chi connectivity index (χ2v) is 5.26. The molecule has 1 unspecified atom stereocenters. The number of likely N-dealkylation sites (tertiary alicyclic amines) is 1. The molecule has 0 bridgehead atoms. The highest BCUT2D eigenvalue weighted by Crippen LogP contribution is 2.12. The summed E-state index contributed by atoms with van der Waals surface area (Å²) in [4.78, 5) is 14.1. The van der Waals surface area contributed by atoms with Crippen molar-refractivity contribution in [1.82, 2.24) is 10.2 Å². The molecule has 1 aliphatic rings. The van der Waals surface area contributed by atoms with E-state index in [0.717, 1.165) is 19.4 Å².